The van der Waals surface area contributed by atoms with Crippen molar-refractivity contribution in [3.05, 3.63) is 89.5 Å². The monoisotopic (exact) mass is 533 g/mol. The summed E-state index contributed by atoms with van der Waals surface area (Å²) in [5.74, 6) is 1.80. The smallest absolute Gasteiger partial charge is 0.229 e. The highest BCUT2D eigenvalue weighted by Crippen LogP contribution is 2.32. The summed E-state index contributed by atoms with van der Waals surface area (Å²) < 4.78 is 6.43. The Balaban J connectivity index is 1.44. The van der Waals surface area contributed by atoms with Crippen LogP contribution in [0.25, 0.3) is 11.1 Å². The van der Waals surface area contributed by atoms with Crippen molar-refractivity contribution in [2.45, 2.75) is 6.10 Å². The van der Waals surface area contributed by atoms with Gasteiger partial charge in [-0.2, -0.15) is 4.98 Å². The van der Waals surface area contributed by atoms with Crippen LogP contribution in [0.4, 0.5) is 23.1 Å². The Hall–Kier alpha value is -3.46. The summed E-state index contributed by atoms with van der Waals surface area (Å²) in [4.78, 5) is 11.0. The highest BCUT2D eigenvalue weighted by Gasteiger charge is 2.10. The van der Waals surface area contributed by atoms with Crippen molar-refractivity contribution in [3.63, 3.8) is 0 Å². The van der Waals surface area contributed by atoms with E-state index in [0.29, 0.717) is 24.1 Å². The third kappa shape index (κ3) is 7.02. The number of hydrogen-bond acceptors (Lipinski definition) is 7. The lowest BCUT2D eigenvalue weighted by molar-refractivity contribution is 0.0831. The van der Waals surface area contributed by atoms with Crippen LogP contribution in [-0.4, -0.2) is 53.3 Å². The third-order valence-corrected chi connectivity index (χ3v) is 5.72. The molecule has 1 aromatic heterocycles. The van der Waals surface area contributed by atoms with Crippen molar-refractivity contribution < 1.29 is 9.84 Å². The maximum Gasteiger partial charge on any atom is 0.229 e. The van der Waals surface area contributed by atoms with Crippen LogP contribution in [0.3, 0.4) is 0 Å². The Morgan fingerprint density at radius 2 is 1.66 bits per heavy atom. The predicted octanol–water partition coefficient (Wildman–Crippen LogP) is 5.69. The van der Waals surface area contributed by atoms with Crippen LogP contribution in [0.15, 0.2) is 89.5 Å². The van der Waals surface area contributed by atoms with Crippen molar-refractivity contribution in [2.24, 2.45) is 0 Å². The number of likely N-dealkylation sites (N-methyl/N-ethyl adjacent to an activating group) is 1. The second-order valence-corrected chi connectivity index (χ2v) is 9.16. The fraction of sp³-hybridized carbons (Fsp3) is 0.185. The Kier molecular flexibility index (Phi) is 8.31. The average Bonchev–Trinajstić information content (AvgIpc) is 2.86. The number of rotatable bonds is 10. The highest BCUT2D eigenvalue weighted by atomic mass is 79.9. The molecule has 0 amide bonds. The molecule has 35 heavy (non-hydrogen) atoms. The van der Waals surface area contributed by atoms with Gasteiger partial charge < -0.3 is 25.4 Å². The van der Waals surface area contributed by atoms with Gasteiger partial charge in [-0.25, -0.2) is 4.98 Å². The molecular weight excluding hydrogens is 506 g/mol. The molecule has 4 rings (SSSR count). The molecule has 0 aliphatic rings. The standard InChI is InChI=1S/C27H28BrN5O2/c1-33(2)17-21(34)18-35-22-14-12-20(13-15-22)30-27-29-16-24(28)26(32-27)31-25-11-7-6-10-23(25)19-8-4-3-5-9-19/h3-16,21,34H,17-18H2,1-2H3,(H2,29,30,31,32). The van der Waals surface area contributed by atoms with E-state index >= 15 is 0 Å². The molecule has 0 bridgehead atoms. The molecule has 180 valence electrons. The molecule has 1 unspecified atom stereocenters. The van der Waals surface area contributed by atoms with Crippen LogP contribution < -0.4 is 15.4 Å². The molecule has 1 heterocycles. The molecule has 0 saturated carbocycles. The number of para-hydroxylation sites is 1. The van der Waals surface area contributed by atoms with Gasteiger partial charge in [0.05, 0.1) is 4.47 Å². The summed E-state index contributed by atoms with van der Waals surface area (Å²) in [6.45, 7) is 0.785. The number of aliphatic hydroxyl groups is 1. The number of aromatic nitrogens is 2. The molecule has 0 fully saturated rings. The molecular formula is C27H28BrN5O2. The normalized spacial score (nSPS) is 11.8. The number of benzene rings is 3. The Labute approximate surface area is 214 Å². The van der Waals surface area contributed by atoms with Crippen molar-refractivity contribution >= 4 is 39.1 Å². The van der Waals surface area contributed by atoms with E-state index < -0.39 is 6.10 Å². The minimum absolute atomic E-state index is 0.236. The van der Waals surface area contributed by atoms with Crippen molar-refractivity contribution in [3.8, 4) is 16.9 Å². The van der Waals surface area contributed by atoms with E-state index in [1.807, 2.05) is 79.7 Å². The van der Waals surface area contributed by atoms with E-state index in [-0.39, 0.29) is 6.61 Å². The number of nitrogens with one attached hydrogen (secondary N) is 2. The van der Waals surface area contributed by atoms with E-state index in [9.17, 15) is 5.11 Å². The lowest BCUT2D eigenvalue weighted by atomic mass is 10.0. The fourth-order valence-electron chi connectivity index (χ4n) is 3.53. The quantitative estimate of drug-likeness (QED) is 0.241. The van der Waals surface area contributed by atoms with Crippen molar-refractivity contribution in [1.29, 1.82) is 0 Å². The number of ether oxygens (including phenoxy) is 1. The number of halogens is 1. The zero-order valence-corrected chi connectivity index (χ0v) is 21.2. The van der Waals surface area contributed by atoms with Crippen LogP contribution in [-0.2, 0) is 0 Å². The second-order valence-electron chi connectivity index (χ2n) is 8.30. The van der Waals surface area contributed by atoms with Crippen LogP contribution >= 0.6 is 15.9 Å². The maximum absolute atomic E-state index is 9.96. The largest absolute Gasteiger partial charge is 0.491 e. The van der Waals surface area contributed by atoms with Gasteiger partial charge in [-0.05, 0) is 65.9 Å². The molecule has 0 radical (unpaired) electrons. The molecule has 7 nitrogen and oxygen atoms in total. The van der Waals surface area contributed by atoms with Crippen LogP contribution in [0, 0.1) is 0 Å². The Morgan fingerprint density at radius 3 is 2.40 bits per heavy atom. The second kappa shape index (κ2) is 11.8. The first-order valence-electron chi connectivity index (χ1n) is 11.2. The summed E-state index contributed by atoms with van der Waals surface area (Å²) in [7, 11) is 3.83. The summed E-state index contributed by atoms with van der Waals surface area (Å²) in [5.41, 5.74) is 3.97. The number of aliphatic hydroxyl groups excluding tert-OH is 1. The summed E-state index contributed by atoms with van der Waals surface area (Å²) >= 11 is 3.55. The van der Waals surface area contributed by atoms with Gasteiger partial charge in [-0.3, -0.25) is 0 Å². The van der Waals surface area contributed by atoms with Gasteiger partial charge in [0.25, 0.3) is 0 Å². The van der Waals surface area contributed by atoms with E-state index in [4.69, 9.17) is 4.74 Å². The zero-order valence-electron chi connectivity index (χ0n) is 19.6. The lowest BCUT2D eigenvalue weighted by Gasteiger charge is -2.16. The van der Waals surface area contributed by atoms with Gasteiger partial charge in [0.2, 0.25) is 5.95 Å². The molecule has 3 N–H and O–H groups in total. The fourth-order valence-corrected chi connectivity index (χ4v) is 3.82. The van der Waals surface area contributed by atoms with Gasteiger partial charge >= 0.3 is 0 Å². The SMILES string of the molecule is CN(C)CC(O)COc1ccc(Nc2ncc(Br)c(Nc3ccccc3-c3ccccc3)n2)cc1. The van der Waals surface area contributed by atoms with E-state index in [0.717, 1.165) is 27.0 Å². The molecule has 0 saturated heterocycles. The molecule has 4 aromatic rings. The van der Waals surface area contributed by atoms with Gasteiger partial charge in [0.1, 0.15) is 24.3 Å². The molecule has 8 heteroatoms. The van der Waals surface area contributed by atoms with Gasteiger partial charge in [-0.1, -0.05) is 48.5 Å². The maximum atomic E-state index is 9.96. The van der Waals surface area contributed by atoms with Crippen molar-refractivity contribution in [2.75, 3.05) is 37.9 Å². The Bertz CT molecular complexity index is 1240. The predicted molar refractivity (Wildman–Crippen MR) is 145 cm³/mol. The summed E-state index contributed by atoms with van der Waals surface area (Å²) in [6.07, 6.45) is 1.17. The van der Waals surface area contributed by atoms with Crippen LogP contribution in [0.5, 0.6) is 5.75 Å². The van der Waals surface area contributed by atoms with Crippen LogP contribution in [0.1, 0.15) is 0 Å². The average molecular weight is 534 g/mol. The minimum atomic E-state index is -0.545. The molecule has 3 aromatic carbocycles. The van der Waals surface area contributed by atoms with E-state index in [2.05, 4.69) is 54.7 Å². The summed E-state index contributed by atoms with van der Waals surface area (Å²) in [6, 6.07) is 25.8. The first-order valence-corrected chi connectivity index (χ1v) is 12.0. The van der Waals surface area contributed by atoms with E-state index in [1.54, 1.807) is 6.20 Å². The first-order chi connectivity index (χ1) is 17.0. The third-order valence-electron chi connectivity index (χ3n) is 5.14. The van der Waals surface area contributed by atoms with Gasteiger partial charge in [0.15, 0.2) is 0 Å². The molecule has 0 spiro atoms. The number of anilines is 4. The molecule has 1 atom stereocenters. The van der Waals surface area contributed by atoms with Gasteiger partial charge in [0, 0.05) is 29.7 Å². The van der Waals surface area contributed by atoms with Crippen LogP contribution in [0.2, 0.25) is 0 Å². The highest BCUT2D eigenvalue weighted by molar-refractivity contribution is 9.10. The molecule has 0 aliphatic carbocycles. The summed E-state index contributed by atoms with van der Waals surface area (Å²) in [5, 5.41) is 16.6. The number of nitrogens with zero attached hydrogens (tertiary/aromatic N) is 3. The van der Waals surface area contributed by atoms with E-state index in [1.165, 1.54) is 0 Å². The Morgan fingerprint density at radius 1 is 0.943 bits per heavy atom. The number of hydrogen-bond donors (Lipinski definition) is 3. The first kappa shape index (κ1) is 24.7. The van der Waals surface area contributed by atoms with Crippen molar-refractivity contribution in [1.82, 2.24) is 14.9 Å². The zero-order chi connectivity index (χ0) is 24.6. The lowest BCUT2D eigenvalue weighted by Crippen LogP contribution is -2.30. The van der Waals surface area contributed by atoms with Gasteiger partial charge in [-0.15, -0.1) is 0 Å². The molecule has 0 aliphatic heterocycles. The minimum Gasteiger partial charge on any atom is -0.491 e. The topological polar surface area (TPSA) is 82.5 Å².